The Hall–Kier alpha value is -0.310. The molecule has 21 heavy (non-hydrogen) atoms. The second-order valence-corrected chi connectivity index (χ2v) is 9.13. The van der Waals surface area contributed by atoms with Crippen molar-refractivity contribution in [3.63, 3.8) is 0 Å². The number of nitrogens with one attached hydrogen (secondary N) is 2. The molecule has 0 saturated heterocycles. The van der Waals surface area contributed by atoms with E-state index < -0.39 is 10.0 Å². The first-order valence-corrected chi connectivity index (χ1v) is 10.3. The van der Waals surface area contributed by atoms with Crippen molar-refractivity contribution in [2.75, 3.05) is 18.1 Å². The summed E-state index contributed by atoms with van der Waals surface area (Å²) in [6.45, 7) is 2.13. The first-order chi connectivity index (χ1) is 9.96. The number of rotatable bonds is 6. The number of anilines is 1. The van der Waals surface area contributed by atoms with Crippen molar-refractivity contribution >= 4 is 43.5 Å². The van der Waals surface area contributed by atoms with Crippen molar-refractivity contribution in [2.45, 2.75) is 42.4 Å². The van der Waals surface area contributed by atoms with Crippen molar-refractivity contribution in [3.05, 3.63) is 16.7 Å². The van der Waals surface area contributed by atoms with Gasteiger partial charge in [0.1, 0.15) is 10.7 Å². The lowest BCUT2D eigenvalue weighted by Crippen LogP contribution is -2.33. The molecule has 0 bridgehead atoms. The molecule has 2 atom stereocenters. The van der Waals surface area contributed by atoms with Crippen LogP contribution in [0.4, 0.5) is 5.82 Å². The third-order valence-electron chi connectivity index (χ3n) is 3.45. The summed E-state index contributed by atoms with van der Waals surface area (Å²) in [7, 11) is -1.90. The molecule has 1 aromatic rings. The molecule has 0 radical (unpaired) electrons. The molecule has 1 fully saturated rings. The number of hydrogen-bond donors (Lipinski definition) is 2. The monoisotopic (exact) mass is 393 g/mol. The van der Waals surface area contributed by atoms with Crippen LogP contribution in [0.15, 0.2) is 21.6 Å². The van der Waals surface area contributed by atoms with E-state index in [0.29, 0.717) is 15.5 Å². The lowest BCUT2D eigenvalue weighted by molar-refractivity contribution is 0.552. The summed E-state index contributed by atoms with van der Waals surface area (Å²) in [4.78, 5) is 4.29. The largest absolute Gasteiger partial charge is 0.372 e. The number of sulfonamides is 1. The Bertz CT molecular complexity index is 595. The van der Waals surface area contributed by atoms with Crippen LogP contribution < -0.4 is 10.0 Å². The lowest BCUT2D eigenvalue weighted by Gasteiger charge is -2.15. The molecule has 8 heteroatoms. The summed E-state index contributed by atoms with van der Waals surface area (Å²) >= 11 is 5.18. The molecule has 0 aliphatic heterocycles. The number of aromatic nitrogens is 1. The van der Waals surface area contributed by atoms with E-state index in [0.717, 1.165) is 25.0 Å². The highest BCUT2D eigenvalue weighted by Gasteiger charge is 2.30. The first kappa shape index (κ1) is 17.1. The Morgan fingerprint density at radius 2 is 2.24 bits per heavy atom. The minimum atomic E-state index is -3.56. The normalized spacial score (nSPS) is 22.4. The van der Waals surface area contributed by atoms with Gasteiger partial charge >= 0.3 is 0 Å². The van der Waals surface area contributed by atoms with Crippen molar-refractivity contribution < 1.29 is 8.42 Å². The van der Waals surface area contributed by atoms with E-state index in [1.54, 1.807) is 19.3 Å². The molecule has 2 N–H and O–H groups in total. The van der Waals surface area contributed by atoms with Crippen molar-refractivity contribution in [3.8, 4) is 0 Å². The first-order valence-electron chi connectivity index (χ1n) is 6.93. The molecule has 2 rings (SSSR count). The molecule has 0 spiro atoms. The summed E-state index contributed by atoms with van der Waals surface area (Å²) in [5.74, 6) is 1.44. The van der Waals surface area contributed by atoms with E-state index >= 15 is 0 Å². The molecule has 1 aromatic heterocycles. The van der Waals surface area contributed by atoms with Gasteiger partial charge in [-0.3, -0.25) is 0 Å². The summed E-state index contributed by atoms with van der Waals surface area (Å²) in [5, 5.41) is 3.39. The summed E-state index contributed by atoms with van der Waals surface area (Å²) in [6, 6.07) is 1.59. The third-order valence-corrected chi connectivity index (χ3v) is 6.65. The Labute approximate surface area is 138 Å². The zero-order chi connectivity index (χ0) is 15.5. The minimum Gasteiger partial charge on any atom is -0.372 e. The number of hydrogen-bond acceptors (Lipinski definition) is 5. The molecule has 1 aliphatic carbocycles. The van der Waals surface area contributed by atoms with Crippen LogP contribution in [0.3, 0.4) is 0 Å². The fourth-order valence-electron chi connectivity index (χ4n) is 2.53. The summed E-state index contributed by atoms with van der Waals surface area (Å²) < 4.78 is 28.6. The molecule has 1 aliphatic rings. The molecule has 1 saturated carbocycles. The molecule has 118 valence electrons. The van der Waals surface area contributed by atoms with Gasteiger partial charge in [-0.05, 0) is 47.0 Å². The van der Waals surface area contributed by atoms with Gasteiger partial charge in [-0.25, -0.2) is 18.1 Å². The predicted octanol–water partition coefficient (Wildman–Crippen LogP) is 2.84. The molecule has 0 amide bonds. The van der Waals surface area contributed by atoms with Crippen LogP contribution in [0.1, 0.15) is 26.2 Å². The Kier molecular flexibility index (Phi) is 5.93. The number of pyridine rings is 1. The molecule has 2 unspecified atom stereocenters. The van der Waals surface area contributed by atoms with Crippen LogP contribution in [-0.4, -0.2) is 37.5 Å². The zero-order valence-electron chi connectivity index (χ0n) is 12.1. The quantitative estimate of drug-likeness (QED) is 0.777. The highest BCUT2D eigenvalue weighted by atomic mass is 79.9. The van der Waals surface area contributed by atoms with Gasteiger partial charge in [-0.1, -0.05) is 6.92 Å². The van der Waals surface area contributed by atoms with Crippen molar-refractivity contribution in [1.29, 1.82) is 0 Å². The van der Waals surface area contributed by atoms with Gasteiger partial charge in [0, 0.05) is 29.0 Å². The standard InChI is InChI=1S/C13H20BrN3O2S2/c1-3-20-11-5-4-10(7-11)17-21(18,19)12-6-9(14)8-16-13(12)15-2/h6,8,10-11,17H,3-5,7H2,1-2H3,(H,15,16). The molecular formula is C13H20BrN3O2S2. The van der Waals surface area contributed by atoms with E-state index in [9.17, 15) is 8.42 Å². The van der Waals surface area contributed by atoms with E-state index in [1.807, 2.05) is 11.8 Å². The van der Waals surface area contributed by atoms with Crippen LogP contribution in [-0.2, 0) is 10.0 Å². The Morgan fingerprint density at radius 1 is 1.48 bits per heavy atom. The van der Waals surface area contributed by atoms with E-state index in [1.165, 1.54) is 0 Å². The summed E-state index contributed by atoms with van der Waals surface area (Å²) in [6.07, 6.45) is 4.44. The van der Waals surface area contributed by atoms with E-state index in [2.05, 4.69) is 37.9 Å². The highest BCUT2D eigenvalue weighted by Crippen LogP contribution is 2.31. The van der Waals surface area contributed by atoms with Gasteiger partial charge < -0.3 is 5.32 Å². The van der Waals surface area contributed by atoms with Crippen LogP contribution in [0.25, 0.3) is 0 Å². The average Bonchev–Trinajstić information content (AvgIpc) is 2.86. The van der Waals surface area contributed by atoms with Gasteiger partial charge in [-0.15, -0.1) is 0 Å². The minimum absolute atomic E-state index is 0.0164. The molecule has 0 aromatic carbocycles. The van der Waals surface area contributed by atoms with Gasteiger partial charge in [0.05, 0.1) is 0 Å². The van der Waals surface area contributed by atoms with Gasteiger partial charge in [0.2, 0.25) is 10.0 Å². The van der Waals surface area contributed by atoms with Crippen molar-refractivity contribution in [1.82, 2.24) is 9.71 Å². The zero-order valence-corrected chi connectivity index (χ0v) is 15.3. The smallest absolute Gasteiger partial charge is 0.244 e. The van der Waals surface area contributed by atoms with Crippen LogP contribution in [0, 0.1) is 0 Å². The maximum Gasteiger partial charge on any atom is 0.244 e. The van der Waals surface area contributed by atoms with E-state index in [-0.39, 0.29) is 10.9 Å². The third kappa shape index (κ3) is 4.34. The summed E-state index contributed by atoms with van der Waals surface area (Å²) in [5.41, 5.74) is 0. The molecule has 1 heterocycles. The second-order valence-electron chi connectivity index (χ2n) is 4.96. The van der Waals surface area contributed by atoms with Gasteiger partial charge in [0.15, 0.2) is 0 Å². The predicted molar refractivity (Wildman–Crippen MR) is 91.4 cm³/mol. The maximum atomic E-state index is 12.6. The maximum absolute atomic E-state index is 12.6. The Balaban J connectivity index is 2.14. The van der Waals surface area contributed by atoms with Crippen LogP contribution in [0.5, 0.6) is 0 Å². The van der Waals surface area contributed by atoms with Crippen molar-refractivity contribution in [2.24, 2.45) is 0 Å². The Morgan fingerprint density at radius 3 is 2.90 bits per heavy atom. The SMILES string of the molecule is CCSC1CCC(NS(=O)(=O)c2cc(Br)cnc2NC)C1. The average molecular weight is 394 g/mol. The van der Waals surface area contributed by atoms with Crippen LogP contribution >= 0.6 is 27.7 Å². The number of nitrogens with zero attached hydrogens (tertiary/aromatic N) is 1. The lowest BCUT2D eigenvalue weighted by atomic mass is 10.3. The fourth-order valence-corrected chi connectivity index (χ4v) is 5.63. The van der Waals surface area contributed by atoms with E-state index in [4.69, 9.17) is 0 Å². The molecule has 5 nitrogen and oxygen atoms in total. The topological polar surface area (TPSA) is 71.1 Å². The highest BCUT2D eigenvalue weighted by molar-refractivity contribution is 9.10. The number of halogens is 1. The molecular weight excluding hydrogens is 374 g/mol. The fraction of sp³-hybridized carbons (Fsp3) is 0.615. The van der Waals surface area contributed by atoms with Gasteiger partial charge in [0.25, 0.3) is 0 Å². The second kappa shape index (κ2) is 7.30. The number of thioether (sulfide) groups is 1. The van der Waals surface area contributed by atoms with Crippen LogP contribution in [0.2, 0.25) is 0 Å². The van der Waals surface area contributed by atoms with Gasteiger partial charge in [-0.2, -0.15) is 11.8 Å².